The van der Waals surface area contributed by atoms with Crippen molar-refractivity contribution in [3.05, 3.63) is 65.7 Å². The van der Waals surface area contributed by atoms with Crippen molar-refractivity contribution < 1.29 is 19.0 Å². The first-order valence-electron chi connectivity index (χ1n) is 8.81. The van der Waals surface area contributed by atoms with Crippen LogP contribution in [0.15, 0.2) is 59.1 Å². The molecule has 6 nitrogen and oxygen atoms in total. The summed E-state index contributed by atoms with van der Waals surface area (Å²) in [5.41, 5.74) is 3.94. The number of nitrogens with one attached hydrogen (secondary N) is 2. The highest BCUT2D eigenvalue weighted by Gasteiger charge is 2.14. The maximum Gasteiger partial charge on any atom is 0.281 e. The number of likely N-dealkylation sites (N-methyl/N-ethyl adjacent to an activating group) is 1. The van der Waals surface area contributed by atoms with E-state index in [0.29, 0.717) is 18.1 Å². The number of ether oxygens (including phenoxy) is 1. The summed E-state index contributed by atoms with van der Waals surface area (Å²) in [6.07, 6.45) is 0. The number of benzene rings is 2. The number of aromatic nitrogens is 1. The van der Waals surface area contributed by atoms with E-state index in [1.165, 1.54) is 5.56 Å². The number of nitrogens with zero attached hydrogens (tertiary/aromatic N) is 1. The van der Waals surface area contributed by atoms with Gasteiger partial charge in [0.2, 0.25) is 5.88 Å². The molecule has 1 unspecified atom stereocenters. The number of hydrogen-bond acceptors (Lipinski definition) is 4. The summed E-state index contributed by atoms with van der Waals surface area (Å²) in [6, 6.07) is 17.6. The minimum atomic E-state index is -0.123. The van der Waals surface area contributed by atoms with E-state index < -0.39 is 0 Å². The Balaban J connectivity index is 1.55. The molecule has 0 aliphatic heterocycles. The predicted molar refractivity (Wildman–Crippen MR) is 104 cm³/mol. The number of quaternary nitrogens is 1. The van der Waals surface area contributed by atoms with Crippen LogP contribution in [0.1, 0.15) is 11.1 Å². The molecule has 1 aromatic heterocycles. The van der Waals surface area contributed by atoms with Crippen molar-refractivity contribution in [2.24, 2.45) is 0 Å². The molecule has 0 aliphatic rings. The van der Waals surface area contributed by atoms with Gasteiger partial charge in [-0.05, 0) is 19.1 Å². The first-order valence-corrected chi connectivity index (χ1v) is 8.81. The third-order valence-electron chi connectivity index (χ3n) is 4.22. The average molecular weight is 366 g/mol. The fourth-order valence-electron chi connectivity index (χ4n) is 2.84. The van der Waals surface area contributed by atoms with Gasteiger partial charge in [0.1, 0.15) is 18.0 Å². The Morgan fingerprint density at radius 2 is 1.96 bits per heavy atom. The van der Waals surface area contributed by atoms with Crippen molar-refractivity contribution in [1.82, 2.24) is 5.16 Å². The van der Waals surface area contributed by atoms with E-state index in [-0.39, 0.29) is 5.91 Å². The predicted octanol–water partition coefficient (Wildman–Crippen LogP) is 2.31. The van der Waals surface area contributed by atoms with Crippen LogP contribution >= 0.6 is 0 Å². The molecule has 0 spiro atoms. The van der Waals surface area contributed by atoms with Crippen molar-refractivity contribution >= 4 is 11.8 Å². The van der Waals surface area contributed by atoms with Gasteiger partial charge in [-0.2, -0.15) is 0 Å². The standard InChI is InChI=1S/C21H23N3O3/c1-15-7-9-17(10-8-15)19-12-21(27-23-19)22-20(25)14-24(2)13-16-5-4-6-18(11-16)26-3/h4-12H,13-14H2,1-3H3,(H,22,25)/p+1. The molecule has 1 amide bonds. The van der Waals surface area contributed by atoms with Crippen molar-refractivity contribution in [1.29, 1.82) is 0 Å². The second kappa shape index (κ2) is 8.51. The maximum absolute atomic E-state index is 12.3. The second-order valence-electron chi connectivity index (χ2n) is 6.65. The summed E-state index contributed by atoms with van der Waals surface area (Å²) in [7, 11) is 3.61. The zero-order chi connectivity index (χ0) is 19.2. The fraction of sp³-hybridized carbons (Fsp3) is 0.238. The lowest BCUT2D eigenvalue weighted by atomic mass is 10.1. The topological polar surface area (TPSA) is 68.8 Å². The van der Waals surface area contributed by atoms with Crippen LogP contribution < -0.4 is 15.0 Å². The quantitative estimate of drug-likeness (QED) is 0.673. The third-order valence-corrected chi connectivity index (χ3v) is 4.22. The van der Waals surface area contributed by atoms with Gasteiger partial charge in [-0.15, -0.1) is 0 Å². The summed E-state index contributed by atoms with van der Waals surface area (Å²) in [5.74, 6) is 1.04. The van der Waals surface area contributed by atoms with Crippen LogP contribution in [0.3, 0.4) is 0 Å². The largest absolute Gasteiger partial charge is 0.497 e. The van der Waals surface area contributed by atoms with Gasteiger partial charge in [0.25, 0.3) is 5.91 Å². The lowest BCUT2D eigenvalue weighted by Gasteiger charge is -2.13. The Morgan fingerprint density at radius 1 is 1.19 bits per heavy atom. The maximum atomic E-state index is 12.3. The molecule has 6 heteroatoms. The number of methoxy groups -OCH3 is 1. The number of anilines is 1. The first kappa shape index (κ1) is 18.7. The fourth-order valence-corrected chi connectivity index (χ4v) is 2.84. The molecule has 0 saturated heterocycles. The van der Waals surface area contributed by atoms with Gasteiger partial charge in [-0.1, -0.05) is 47.1 Å². The number of carbonyl (C=O) groups excluding carboxylic acids is 1. The van der Waals surface area contributed by atoms with Crippen LogP contribution in [0.4, 0.5) is 5.88 Å². The van der Waals surface area contributed by atoms with Gasteiger partial charge < -0.3 is 14.2 Å². The Kier molecular flexibility index (Phi) is 5.88. The van der Waals surface area contributed by atoms with Crippen LogP contribution in [0.5, 0.6) is 5.75 Å². The van der Waals surface area contributed by atoms with E-state index in [4.69, 9.17) is 9.26 Å². The van der Waals surface area contributed by atoms with Crippen molar-refractivity contribution in [2.45, 2.75) is 13.5 Å². The Labute approximate surface area is 158 Å². The summed E-state index contributed by atoms with van der Waals surface area (Å²) in [4.78, 5) is 13.3. The van der Waals surface area contributed by atoms with Gasteiger partial charge in [-0.25, -0.2) is 0 Å². The molecule has 1 heterocycles. The minimum Gasteiger partial charge on any atom is -0.497 e. The molecule has 3 aromatic rings. The van der Waals surface area contributed by atoms with Gasteiger partial charge >= 0.3 is 0 Å². The normalized spacial score (nSPS) is 11.8. The van der Waals surface area contributed by atoms with Crippen molar-refractivity contribution in [3.63, 3.8) is 0 Å². The van der Waals surface area contributed by atoms with E-state index in [9.17, 15) is 4.79 Å². The van der Waals surface area contributed by atoms with Gasteiger partial charge in [-0.3, -0.25) is 10.1 Å². The summed E-state index contributed by atoms with van der Waals surface area (Å²) in [6.45, 7) is 3.07. The van der Waals surface area contributed by atoms with Gasteiger partial charge in [0.05, 0.1) is 14.2 Å². The molecule has 0 bridgehead atoms. The molecular formula is C21H24N3O3+. The Bertz CT molecular complexity index is 903. The first-order chi connectivity index (χ1) is 13.0. The van der Waals surface area contributed by atoms with Crippen LogP contribution in [-0.2, 0) is 11.3 Å². The monoisotopic (exact) mass is 366 g/mol. The molecule has 1 atom stereocenters. The number of amides is 1. The number of hydrogen-bond donors (Lipinski definition) is 2. The van der Waals surface area contributed by atoms with Crippen molar-refractivity contribution in [3.8, 4) is 17.0 Å². The molecule has 0 radical (unpaired) electrons. The molecule has 27 heavy (non-hydrogen) atoms. The zero-order valence-electron chi connectivity index (χ0n) is 15.8. The number of carbonyl (C=O) groups is 1. The summed E-state index contributed by atoms with van der Waals surface area (Å²) < 4.78 is 10.5. The zero-order valence-corrected chi connectivity index (χ0v) is 15.8. The summed E-state index contributed by atoms with van der Waals surface area (Å²) in [5, 5.41) is 6.79. The van der Waals surface area contributed by atoms with Crippen LogP contribution in [0, 0.1) is 6.92 Å². The van der Waals surface area contributed by atoms with E-state index in [1.54, 1.807) is 13.2 Å². The molecule has 0 fully saturated rings. The molecular weight excluding hydrogens is 342 g/mol. The molecule has 0 saturated carbocycles. The second-order valence-corrected chi connectivity index (χ2v) is 6.65. The van der Waals surface area contributed by atoms with E-state index in [2.05, 4.69) is 10.5 Å². The van der Waals surface area contributed by atoms with E-state index in [0.717, 1.165) is 28.3 Å². The summed E-state index contributed by atoms with van der Waals surface area (Å²) >= 11 is 0. The smallest absolute Gasteiger partial charge is 0.281 e. The SMILES string of the molecule is COc1cccc(C[NH+](C)CC(=O)Nc2cc(-c3ccc(C)cc3)no2)c1. The molecule has 0 aliphatic carbocycles. The highest BCUT2D eigenvalue weighted by molar-refractivity contribution is 5.90. The number of aryl methyl sites for hydroxylation is 1. The molecule has 2 aromatic carbocycles. The molecule has 140 valence electrons. The lowest BCUT2D eigenvalue weighted by molar-refractivity contribution is -0.885. The van der Waals surface area contributed by atoms with Gasteiger partial charge in [0.15, 0.2) is 6.54 Å². The van der Waals surface area contributed by atoms with E-state index >= 15 is 0 Å². The average Bonchev–Trinajstić information content (AvgIpc) is 3.10. The minimum absolute atomic E-state index is 0.123. The van der Waals surface area contributed by atoms with Gasteiger partial charge in [0, 0.05) is 17.2 Å². The molecule has 2 N–H and O–H groups in total. The Morgan fingerprint density at radius 3 is 2.70 bits per heavy atom. The highest BCUT2D eigenvalue weighted by Crippen LogP contribution is 2.21. The third kappa shape index (κ3) is 5.18. The number of rotatable bonds is 7. The molecule has 3 rings (SSSR count). The highest BCUT2D eigenvalue weighted by atomic mass is 16.5. The van der Waals surface area contributed by atoms with Crippen LogP contribution in [0.2, 0.25) is 0 Å². The van der Waals surface area contributed by atoms with Crippen LogP contribution in [-0.4, -0.2) is 31.8 Å². The van der Waals surface area contributed by atoms with Crippen molar-refractivity contribution in [2.75, 3.05) is 26.0 Å². The Hall–Kier alpha value is -3.12. The van der Waals surface area contributed by atoms with E-state index in [1.807, 2.05) is 62.5 Å². The van der Waals surface area contributed by atoms with Crippen LogP contribution in [0.25, 0.3) is 11.3 Å². The lowest BCUT2D eigenvalue weighted by Crippen LogP contribution is -3.08.